The molecule has 3 rings (SSSR count). The minimum absolute atomic E-state index is 0.269. The fraction of sp³-hybridized carbons (Fsp3) is 0.562. The Labute approximate surface area is 131 Å². The molecule has 2 aromatic rings. The molecule has 1 saturated heterocycles. The molecule has 1 aromatic heterocycles. The second kappa shape index (κ2) is 5.91. The second-order valence-corrected chi connectivity index (χ2v) is 8.46. The van der Waals surface area contributed by atoms with Crippen LogP contribution >= 0.6 is 0 Å². The van der Waals surface area contributed by atoms with Crippen molar-refractivity contribution < 1.29 is 8.42 Å². The zero-order valence-corrected chi connectivity index (χ0v) is 13.9. The monoisotopic (exact) mass is 321 g/mol. The van der Waals surface area contributed by atoms with E-state index in [-0.39, 0.29) is 6.04 Å². The number of nitrogens with one attached hydrogen (secondary N) is 1. The van der Waals surface area contributed by atoms with Gasteiger partial charge in [-0.25, -0.2) is 8.42 Å². The third kappa shape index (κ3) is 3.11. The number of rotatable bonds is 4. The highest BCUT2D eigenvalue weighted by molar-refractivity contribution is 7.91. The fourth-order valence-electron chi connectivity index (χ4n) is 3.20. The third-order valence-corrected chi connectivity index (χ3v) is 6.36. The molecular weight excluding hydrogens is 298 g/mol. The lowest BCUT2D eigenvalue weighted by Crippen LogP contribution is -2.33. The number of aryl methyl sites for hydroxylation is 1. The predicted octanol–water partition coefficient (Wildman–Crippen LogP) is 2.68. The number of fused-ring (bicyclic) bond motifs is 1. The van der Waals surface area contributed by atoms with Crippen LogP contribution in [0.4, 0.5) is 5.69 Å². The quantitative estimate of drug-likeness (QED) is 0.940. The van der Waals surface area contributed by atoms with Gasteiger partial charge in [-0.15, -0.1) is 0 Å². The Morgan fingerprint density at radius 3 is 2.77 bits per heavy atom. The van der Waals surface area contributed by atoms with Crippen molar-refractivity contribution >= 4 is 26.4 Å². The Balaban J connectivity index is 1.72. The van der Waals surface area contributed by atoms with Crippen molar-refractivity contribution in [3.63, 3.8) is 0 Å². The summed E-state index contributed by atoms with van der Waals surface area (Å²) in [6, 6.07) is 6.54. The van der Waals surface area contributed by atoms with Gasteiger partial charge in [0.1, 0.15) is 9.84 Å². The van der Waals surface area contributed by atoms with Crippen molar-refractivity contribution in [3.05, 3.63) is 24.4 Å². The minimum Gasteiger partial charge on any atom is -0.382 e. The van der Waals surface area contributed by atoms with E-state index in [9.17, 15) is 8.42 Å². The van der Waals surface area contributed by atoms with E-state index in [1.54, 1.807) is 0 Å². The first-order valence-electron chi connectivity index (χ1n) is 7.91. The molecule has 0 bridgehead atoms. The van der Waals surface area contributed by atoms with Gasteiger partial charge < -0.3 is 5.32 Å². The number of hydrogen-bond acceptors (Lipinski definition) is 4. The summed E-state index contributed by atoms with van der Waals surface area (Å²) in [7, 11) is -2.79. The van der Waals surface area contributed by atoms with Gasteiger partial charge in [0.2, 0.25) is 0 Å². The molecule has 0 spiro atoms. The van der Waals surface area contributed by atoms with Gasteiger partial charge in [-0.3, -0.25) is 4.68 Å². The van der Waals surface area contributed by atoms with Crippen molar-refractivity contribution in [1.82, 2.24) is 9.78 Å². The first kappa shape index (κ1) is 15.3. The standard InChI is InChI=1S/C16H23N3O2S/c1-3-19-16-10-15(5-4-14(16)11-17-19)18-12(2)13-6-8-22(20,21)9-7-13/h4-5,10-13,18H,3,6-9H2,1-2H3. The van der Waals surface area contributed by atoms with Crippen LogP contribution in [0.3, 0.4) is 0 Å². The molecule has 1 aliphatic rings. The zero-order chi connectivity index (χ0) is 15.7. The van der Waals surface area contributed by atoms with Crippen molar-refractivity contribution in [2.24, 2.45) is 5.92 Å². The highest BCUT2D eigenvalue weighted by Gasteiger charge is 2.27. The molecule has 1 atom stereocenters. The first-order chi connectivity index (χ1) is 10.5. The zero-order valence-electron chi connectivity index (χ0n) is 13.1. The van der Waals surface area contributed by atoms with Crippen LogP contribution < -0.4 is 5.32 Å². The Morgan fingerprint density at radius 2 is 2.09 bits per heavy atom. The first-order valence-corrected chi connectivity index (χ1v) is 9.73. The number of anilines is 1. The van der Waals surface area contributed by atoms with Crippen LogP contribution in [-0.2, 0) is 16.4 Å². The molecule has 1 unspecified atom stereocenters. The molecule has 1 aromatic carbocycles. The summed E-state index contributed by atoms with van der Waals surface area (Å²) < 4.78 is 25.1. The molecule has 1 fully saturated rings. The van der Waals surface area contributed by atoms with E-state index < -0.39 is 9.84 Å². The van der Waals surface area contributed by atoms with Gasteiger partial charge >= 0.3 is 0 Å². The van der Waals surface area contributed by atoms with Crippen LogP contribution in [0.1, 0.15) is 26.7 Å². The molecule has 0 amide bonds. The average Bonchev–Trinajstić information content (AvgIpc) is 2.89. The van der Waals surface area contributed by atoms with Gasteiger partial charge in [0.05, 0.1) is 23.2 Å². The Bertz CT molecular complexity index is 753. The van der Waals surface area contributed by atoms with E-state index in [0.717, 1.165) is 36.0 Å². The molecular formula is C16H23N3O2S. The minimum atomic E-state index is -2.79. The molecule has 0 aliphatic carbocycles. The molecule has 6 heteroatoms. The van der Waals surface area contributed by atoms with Crippen LogP contribution in [0.15, 0.2) is 24.4 Å². The van der Waals surface area contributed by atoms with E-state index in [4.69, 9.17) is 0 Å². The SMILES string of the molecule is CCn1ncc2ccc(NC(C)C3CCS(=O)(=O)CC3)cc21. The maximum Gasteiger partial charge on any atom is 0.150 e. The molecule has 2 heterocycles. The van der Waals surface area contributed by atoms with Gasteiger partial charge in [-0.1, -0.05) is 0 Å². The van der Waals surface area contributed by atoms with Crippen LogP contribution in [0.5, 0.6) is 0 Å². The summed E-state index contributed by atoms with van der Waals surface area (Å²) in [6.45, 7) is 5.07. The van der Waals surface area contributed by atoms with Crippen molar-refractivity contribution in [1.29, 1.82) is 0 Å². The molecule has 0 saturated carbocycles. The Kier molecular flexibility index (Phi) is 4.12. The van der Waals surface area contributed by atoms with E-state index in [0.29, 0.717) is 17.4 Å². The Morgan fingerprint density at radius 1 is 1.36 bits per heavy atom. The summed E-state index contributed by atoms with van der Waals surface area (Å²) in [5.41, 5.74) is 2.20. The number of benzene rings is 1. The second-order valence-electron chi connectivity index (χ2n) is 6.16. The maximum atomic E-state index is 11.5. The van der Waals surface area contributed by atoms with E-state index >= 15 is 0 Å². The lowest BCUT2D eigenvalue weighted by molar-refractivity contribution is 0.420. The summed E-state index contributed by atoms with van der Waals surface area (Å²) >= 11 is 0. The normalized spacial score (nSPS) is 20.1. The average molecular weight is 321 g/mol. The van der Waals surface area contributed by atoms with Crippen molar-refractivity contribution in [2.45, 2.75) is 39.3 Å². The van der Waals surface area contributed by atoms with E-state index in [1.165, 1.54) is 0 Å². The number of aromatic nitrogens is 2. The topological polar surface area (TPSA) is 64.0 Å². The molecule has 1 aliphatic heterocycles. The van der Waals surface area contributed by atoms with E-state index in [2.05, 4.69) is 42.5 Å². The van der Waals surface area contributed by atoms with Crippen LogP contribution in [-0.4, -0.2) is 35.7 Å². The third-order valence-electron chi connectivity index (χ3n) is 4.64. The van der Waals surface area contributed by atoms with E-state index in [1.807, 2.05) is 10.9 Å². The van der Waals surface area contributed by atoms with Crippen LogP contribution in [0.25, 0.3) is 10.9 Å². The number of hydrogen-bond donors (Lipinski definition) is 1. The highest BCUT2D eigenvalue weighted by Crippen LogP contribution is 2.26. The lowest BCUT2D eigenvalue weighted by Gasteiger charge is -2.29. The molecule has 22 heavy (non-hydrogen) atoms. The number of nitrogens with zero attached hydrogens (tertiary/aromatic N) is 2. The summed E-state index contributed by atoms with van der Waals surface area (Å²) in [4.78, 5) is 0. The van der Waals surface area contributed by atoms with Crippen LogP contribution in [0.2, 0.25) is 0 Å². The fourth-order valence-corrected chi connectivity index (χ4v) is 4.73. The molecule has 1 N–H and O–H groups in total. The van der Waals surface area contributed by atoms with Crippen LogP contribution in [0, 0.1) is 5.92 Å². The molecule has 0 radical (unpaired) electrons. The molecule has 5 nitrogen and oxygen atoms in total. The lowest BCUT2D eigenvalue weighted by atomic mass is 9.95. The highest BCUT2D eigenvalue weighted by atomic mass is 32.2. The maximum absolute atomic E-state index is 11.5. The van der Waals surface area contributed by atoms with Crippen molar-refractivity contribution in [2.75, 3.05) is 16.8 Å². The summed E-state index contributed by atoms with van der Waals surface area (Å²) in [5, 5.41) is 9.04. The largest absolute Gasteiger partial charge is 0.382 e. The Hall–Kier alpha value is -1.56. The van der Waals surface area contributed by atoms with Gasteiger partial charge in [0.25, 0.3) is 0 Å². The van der Waals surface area contributed by atoms with Gasteiger partial charge in [-0.2, -0.15) is 5.10 Å². The van der Waals surface area contributed by atoms with Crippen molar-refractivity contribution in [3.8, 4) is 0 Å². The predicted molar refractivity (Wildman–Crippen MR) is 89.9 cm³/mol. The van der Waals surface area contributed by atoms with Gasteiger partial charge in [0, 0.05) is 23.7 Å². The summed E-state index contributed by atoms with van der Waals surface area (Å²) in [6.07, 6.45) is 3.40. The summed E-state index contributed by atoms with van der Waals surface area (Å²) in [5.74, 6) is 1.06. The smallest absolute Gasteiger partial charge is 0.150 e. The van der Waals surface area contributed by atoms with Gasteiger partial charge in [0.15, 0.2) is 0 Å². The molecule has 120 valence electrons. The number of sulfone groups is 1. The van der Waals surface area contributed by atoms with Gasteiger partial charge in [-0.05, 0) is 50.8 Å².